The molecule has 0 radical (unpaired) electrons. The summed E-state index contributed by atoms with van der Waals surface area (Å²) in [5, 5.41) is 0. The van der Waals surface area contributed by atoms with E-state index in [0.29, 0.717) is 13.2 Å². The van der Waals surface area contributed by atoms with E-state index >= 15 is 0 Å². The summed E-state index contributed by atoms with van der Waals surface area (Å²) in [5.41, 5.74) is 4.73. The van der Waals surface area contributed by atoms with Crippen LogP contribution in [0.15, 0.2) is 36.4 Å². The Hall–Kier alpha value is -2.40. The van der Waals surface area contributed by atoms with Gasteiger partial charge in [0, 0.05) is 0 Å². The van der Waals surface area contributed by atoms with E-state index in [9.17, 15) is 0 Å². The lowest BCUT2D eigenvalue weighted by Gasteiger charge is -2.07. The van der Waals surface area contributed by atoms with Crippen LogP contribution >= 0.6 is 0 Å². The number of ether oxygens (including phenoxy) is 2. The van der Waals surface area contributed by atoms with Crippen LogP contribution in [-0.2, 0) is 0 Å². The molecule has 2 aromatic carbocycles. The fourth-order valence-corrected chi connectivity index (χ4v) is 2.25. The van der Waals surface area contributed by atoms with Crippen LogP contribution in [-0.4, -0.2) is 13.2 Å². The molecule has 0 heterocycles. The van der Waals surface area contributed by atoms with Crippen molar-refractivity contribution in [2.75, 3.05) is 13.2 Å². The van der Waals surface area contributed by atoms with Crippen molar-refractivity contribution in [1.29, 1.82) is 0 Å². The van der Waals surface area contributed by atoms with Gasteiger partial charge < -0.3 is 9.47 Å². The van der Waals surface area contributed by atoms with Crippen molar-refractivity contribution in [3.63, 3.8) is 0 Å². The summed E-state index contributed by atoms with van der Waals surface area (Å²) in [5.74, 6) is 7.73. The Bertz CT molecular complexity index is 646. The first-order valence-electron chi connectivity index (χ1n) is 7.42. The summed E-state index contributed by atoms with van der Waals surface area (Å²) in [6, 6.07) is 12.3. The van der Waals surface area contributed by atoms with Gasteiger partial charge in [0.15, 0.2) is 0 Å². The molecule has 2 aromatic rings. The number of hydrogen-bond acceptors (Lipinski definition) is 2. The highest BCUT2D eigenvalue weighted by atomic mass is 16.5. The topological polar surface area (TPSA) is 18.5 Å². The Morgan fingerprint density at radius 1 is 0.682 bits per heavy atom. The summed E-state index contributed by atoms with van der Waals surface area (Å²) >= 11 is 0. The van der Waals surface area contributed by atoms with Crippen molar-refractivity contribution in [1.82, 2.24) is 0 Å². The lowest BCUT2D eigenvalue weighted by atomic mass is 10.1. The molecule has 22 heavy (non-hydrogen) atoms. The van der Waals surface area contributed by atoms with Crippen LogP contribution in [0.25, 0.3) is 0 Å². The minimum absolute atomic E-state index is 0.375. The predicted octanol–water partition coefficient (Wildman–Crippen LogP) is 4.38. The summed E-state index contributed by atoms with van der Waals surface area (Å²) in [7, 11) is 0. The SMILES string of the molecule is Cc1ccc(OCC#CCOc2ccc(C)cc2C)c(C)c1. The molecule has 0 N–H and O–H groups in total. The Morgan fingerprint density at radius 2 is 1.09 bits per heavy atom. The zero-order valence-electron chi connectivity index (χ0n) is 13.7. The molecule has 2 nitrogen and oxygen atoms in total. The van der Waals surface area contributed by atoms with Crippen LogP contribution in [0.5, 0.6) is 11.5 Å². The summed E-state index contributed by atoms with van der Waals surface area (Å²) in [6.45, 7) is 8.97. The largest absolute Gasteiger partial charge is 0.481 e. The van der Waals surface area contributed by atoms with Gasteiger partial charge in [0.25, 0.3) is 0 Å². The Kier molecular flexibility index (Phi) is 5.49. The van der Waals surface area contributed by atoms with Crippen molar-refractivity contribution in [3.8, 4) is 23.3 Å². The first kappa shape index (κ1) is 16.0. The van der Waals surface area contributed by atoms with Crippen LogP contribution in [0.1, 0.15) is 22.3 Å². The molecule has 0 fully saturated rings. The maximum atomic E-state index is 5.65. The predicted molar refractivity (Wildman–Crippen MR) is 90.6 cm³/mol. The molecule has 114 valence electrons. The number of hydrogen-bond donors (Lipinski definition) is 0. The molecule has 0 spiro atoms. The molecule has 0 aliphatic carbocycles. The molecule has 0 unspecified atom stereocenters. The molecule has 0 amide bonds. The average molecular weight is 294 g/mol. The van der Waals surface area contributed by atoms with E-state index in [0.717, 1.165) is 22.6 Å². The van der Waals surface area contributed by atoms with E-state index in [-0.39, 0.29) is 0 Å². The molecule has 2 heteroatoms. The molecule has 2 rings (SSSR count). The standard InChI is InChI=1S/C20H22O2/c1-15-7-9-19(17(3)13-15)21-11-5-6-12-22-20-10-8-16(2)14-18(20)4/h7-10,13-14H,11-12H2,1-4H3. The van der Waals surface area contributed by atoms with Gasteiger partial charge >= 0.3 is 0 Å². The number of benzene rings is 2. The van der Waals surface area contributed by atoms with E-state index in [1.165, 1.54) is 11.1 Å². The van der Waals surface area contributed by atoms with Gasteiger partial charge in [-0.05, 0) is 51.0 Å². The maximum Gasteiger partial charge on any atom is 0.149 e. The molecular formula is C20H22O2. The van der Waals surface area contributed by atoms with Crippen molar-refractivity contribution in [2.24, 2.45) is 0 Å². The zero-order chi connectivity index (χ0) is 15.9. The third kappa shape index (κ3) is 4.56. The molecule has 0 aliphatic rings. The fraction of sp³-hybridized carbons (Fsp3) is 0.300. The molecule has 0 aliphatic heterocycles. The van der Waals surface area contributed by atoms with Crippen molar-refractivity contribution in [2.45, 2.75) is 27.7 Å². The maximum absolute atomic E-state index is 5.65. The molecule has 0 aromatic heterocycles. The summed E-state index contributed by atoms with van der Waals surface area (Å²) in [4.78, 5) is 0. The lowest BCUT2D eigenvalue weighted by Crippen LogP contribution is -1.99. The van der Waals surface area contributed by atoms with Crippen LogP contribution in [0.4, 0.5) is 0 Å². The smallest absolute Gasteiger partial charge is 0.149 e. The minimum atomic E-state index is 0.375. The fourth-order valence-electron chi connectivity index (χ4n) is 2.25. The second-order valence-electron chi connectivity index (χ2n) is 5.47. The average Bonchev–Trinajstić information content (AvgIpc) is 2.46. The second kappa shape index (κ2) is 7.56. The number of rotatable bonds is 4. The first-order chi connectivity index (χ1) is 10.6. The van der Waals surface area contributed by atoms with Gasteiger partial charge in [-0.25, -0.2) is 0 Å². The van der Waals surface area contributed by atoms with Gasteiger partial charge in [0.2, 0.25) is 0 Å². The van der Waals surface area contributed by atoms with E-state index in [4.69, 9.17) is 9.47 Å². The van der Waals surface area contributed by atoms with E-state index in [1.54, 1.807) is 0 Å². The highest BCUT2D eigenvalue weighted by molar-refractivity contribution is 5.36. The lowest BCUT2D eigenvalue weighted by molar-refractivity contribution is 0.359. The second-order valence-corrected chi connectivity index (χ2v) is 5.47. The molecule has 0 bridgehead atoms. The van der Waals surface area contributed by atoms with Crippen molar-refractivity contribution >= 4 is 0 Å². The van der Waals surface area contributed by atoms with Crippen LogP contribution in [0, 0.1) is 39.5 Å². The Labute approximate surface area is 133 Å². The monoisotopic (exact) mass is 294 g/mol. The molecule has 0 saturated carbocycles. The summed E-state index contributed by atoms with van der Waals surface area (Å²) in [6.07, 6.45) is 0. The van der Waals surface area contributed by atoms with Crippen LogP contribution < -0.4 is 9.47 Å². The van der Waals surface area contributed by atoms with E-state index in [2.05, 4.69) is 37.8 Å². The van der Waals surface area contributed by atoms with E-state index < -0.39 is 0 Å². The van der Waals surface area contributed by atoms with Crippen molar-refractivity contribution in [3.05, 3.63) is 58.7 Å². The zero-order valence-corrected chi connectivity index (χ0v) is 13.7. The highest BCUT2D eigenvalue weighted by Crippen LogP contribution is 2.19. The van der Waals surface area contributed by atoms with Gasteiger partial charge in [-0.15, -0.1) is 0 Å². The first-order valence-corrected chi connectivity index (χ1v) is 7.42. The molecular weight excluding hydrogens is 272 g/mol. The molecule has 0 saturated heterocycles. The minimum Gasteiger partial charge on any atom is -0.481 e. The Balaban J connectivity index is 1.80. The third-order valence-corrected chi connectivity index (χ3v) is 3.39. The van der Waals surface area contributed by atoms with Gasteiger partial charge in [0.05, 0.1) is 0 Å². The Morgan fingerprint density at radius 3 is 1.45 bits per heavy atom. The van der Waals surface area contributed by atoms with Crippen LogP contribution in [0.2, 0.25) is 0 Å². The van der Waals surface area contributed by atoms with Gasteiger partial charge in [0.1, 0.15) is 24.7 Å². The third-order valence-electron chi connectivity index (χ3n) is 3.39. The quantitative estimate of drug-likeness (QED) is 0.779. The highest BCUT2D eigenvalue weighted by Gasteiger charge is 1.99. The van der Waals surface area contributed by atoms with Crippen molar-refractivity contribution < 1.29 is 9.47 Å². The summed E-state index contributed by atoms with van der Waals surface area (Å²) < 4.78 is 11.3. The number of aryl methyl sites for hydroxylation is 4. The van der Waals surface area contributed by atoms with E-state index in [1.807, 2.05) is 38.1 Å². The van der Waals surface area contributed by atoms with Crippen LogP contribution in [0.3, 0.4) is 0 Å². The molecule has 0 atom stereocenters. The normalized spacial score (nSPS) is 9.82. The van der Waals surface area contributed by atoms with Gasteiger partial charge in [-0.1, -0.05) is 47.2 Å². The van der Waals surface area contributed by atoms with Gasteiger partial charge in [-0.3, -0.25) is 0 Å². The van der Waals surface area contributed by atoms with Gasteiger partial charge in [-0.2, -0.15) is 0 Å².